The van der Waals surface area contributed by atoms with Crippen LogP contribution in [0.15, 0.2) is 47.4 Å². The SMILES string of the molecule is Cc1ccc(C(N)C(=O)Nc2ccc(C)c(S(=O)(=O)NC(C)(C)C)c2)cc1. The largest absolute Gasteiger partial charge is 0.324 e. The quantitative estimate of drug-likeness (QED) is 0.731. The third kappa shape index (κ3) is 5.63. The van der Waals surface area contributed by atoms with E-state index < -0.39 is 27.5 Å². The molecule has 0 heterocycles. The van der Waals surface area contributed by atoms with Crippen molar-refractivity contribution in [2.75, 3.05) is 5.32 Å². The normalized spacial score (nSPS) is 13.3. The van der Waals surface area contributed by atoms with Crippen LogP contribution in [-0.2, 0) is 14.8 Å². The molecule has 0 saturated heterocycles. The van der Waals surface area contributed by atoms with Crippen LogP contribution in [0.25, 0.3) is 0 Å². The molecule has 6 nitrogen and oxygen atoms in total. The van der Waals surface area contributed by atoms with E-state index >= 15 is 0 Å². The van der Waals surface area contributed by atoms with Gasteiger partial charge in [-0.15, -0.1) is 0 Å². The average Bonchev–Trinajstić information content (AvgIpc) is 2.54. The Morgan fingerprint density at radius 3 is 2.19 bits per heavy atom. The van der Waals surface area contributed by atoms with Crippen LogP contribution in [0, 0.1) is 13.8 Å². The molecule has 146 valence electrons. The fourth-order valence-corrected chi connectivity index (χ4v) is 4.26. The molecule has 27 heavy (non-hydrogen) atoms. The van der Waals surface area contributed by atoms with Crippen molar-refractivity contribution in [3.63, 3.8) is 0 Å². The summed E-state index contributed by atoms with van der Waals surface area (Å²) < 4.78 is 27.9. The summed E-state index contributed by atoms with van der Waals surface area (Å²) in [6, 6.07) is 11.3. The van der Waals surface area contributed by atoms with Crippen LogP contribution in [0.2, 0.25) is 0 Å². The Morgan fingerprint density at radius 2 is 1.63 bits per heavy atom. The Bertz CT molecular complexity index is 930. The van der Waals surface area contributed by atoms with Crippen LogP contribution in [0.1, 0.15) is 43.5 Å². The molecule has 2 aromatic carbocycles. The standard InChI is InChI=1S/C20H27N3O3S/c1-13-6-9-15(10-7-13)18(21)19(24)22-16-11-8-14(2)17(12-16)27(25,26)23-20(3,4)5/h6-12,18,23H,21H2,1-5H3,(H,22,24). The van der Waals surface area contributed by atoms with Crippen LogP contribution in [0.4, 0.5) is 5.69 Å². The molecular formula is C20H27N3O3S. The Hall–Kier alpha value is -2.22. The minimum Gasteiger partial charge on any atom is -0.324 e. The maximum atomic E-state index is 12.6. The summed E-state index contributed by atoms with van der Waals surface area (Å²) in [7, 11) is -3.72. The van der Waals surface area contributed by atoms with Crippen molar-refractivity contribution in [2.45, 2.75) is 51.1 Å². The number of hydrogen-bond donors (Lipinski definition) is 3. The zero-order valence-corrected chi connectivity index (χ0v) is 17.1. The molecule has 1 atom stereocenters. The molecule has 0 spiro atoms. The van der Waals surface area contributed by atoms with E-state index in [2.05, 4.69) is 10.0 Å². The summed E-state index contributed by atoms with van der Waals surface area (Å²) in [5.41, 5.74) is 8.15. The van der Waals surface area contributed by atoms with Gasteiger partial charge in [0.2, 0.25) is 15.9 Å². The monoisotopic (exact) mass is 389 g/mol. The number of sulfonamides is 1. The van der Waals surface area contributed by atoms with E-state index in [1.165, 1.54) is 6.07 Å². The van der Waals surface area contributed by atoms with E-state index in [4.69, 9.17) is 5.73 Å². The highest BCUT2D eigenvalue weighted by molar-refractivity contribution is 7.89. The van der Waals surface area contributed by atoms with Gasteiger partial charge in [0.05, 0.1) is 4.90 Å². The molecular weight excluding hydrogens is 362 g/mol. The van der Waals surface area contributed by atoms with Gasteiger partial charge in [0.25, 0.3) is 0 Å². The lowest BCUT2D eigenvalue weighted by atomic mass is 10.1. The highest BCUT2D eigenvalue weighted by atomic mass is 32.2. The van der Waals surface area contributed by atoms with Crippen LogP contribution in [-0.4, -0.2) is 19.9 Å². The van der Waals surface area contributed by atoms with Gasteiger partial charge >= 0.3 is 0 Å². The van der Waals surface area contributed by atoms with Gasteiger partial charge in [-0.25, -0.2) is 13.1 Å². The molecule has 0 aliphatic rings. The second kappa shape index (κ2) is 7.80. The van der Waals surface area contributed by atoms with Gasteiger partial charge in [-0.2, -0.15) is 0 Å². The third-order valence-electron chi connectivity index (χ3n) is 3.90. The predicted octanol–water partition coefficient (Wildman–Crippen LogP) is 3.02. The number of carbonyl (C=O) groups is 1. The van der Waals surface area contributed by atoms with E-state index in [0.717, 1.165) is 5.56 Å². The fourth-order valence-electron chi connectivity index (χ4n) is 2.57. The first-order valence-corrected chi connectivity index (χ1v) is 10.1. The van der Waals surface area contributed by atoms with Gasteiger partial charge in [-0.3, -0.25) is 4.79 Å². The summed E-state index contributed by atoms with van der Waals surface area (Å²) in [6.45, 7) is 8.97. The van der Waals surface area contributed by atoms with Crippen LogP contribution >= 0.6 is 0 Å². The van der Waals surface area contributed by atoms with Gasteiger partial charge < -0.3 is 11.1 Å². The summed E-state index contributed by atoms with van der Waals surface area (Å²) in [6.07, 6.45) is 0. The second-order valence-corrected chi connectivity index (χ2v) is 9.36. The number of nitrogens with one attached hydrogen (secondary N) is 2. The summed E-state index contributed by atoms with van der Waals surface area (Å²) in [4.78, 5) is 12.6. The van der Waals surface area contributed by atoms with Crippen molar-refractivity contribution in [1.29, 1.82) is 0 Å². The number of anilines is 1. The van der Waals surface area contributed by atoms with Gasteiger partial charge in [-0.1, -0.05) is 35.9 Å². The lowest BCUT2D eigenvalue weighted by Crippen LogP contribution is -2.40. The number of nitrogens with two attached hydrogens (primary N) is 1. The van der Waals surface area contributed by atoms with E-state index in [0.29, 0.717) is 16.8 Å². The van der Waals surface area contributed by atoms with Gasteiger partial charge in [0.1, 0.15) is 6.04 Å². The van der Waals surface area contributed by atoms with Crippen molar-refractivity contribution >= 4 is 21.6 Å². The van der Waals surface area contributed by atoms with Crippen LogP contribution in [0.5, 0.6) is 0 Å². The first kappa shape index (κ1) is 21.1. The van der Waals surface area contributed by atoms with Crippen LogP contribution in [0.3, 0.4) is 0 Å². The van der Waals surface area contributed by atoms with Gasteiger partial charge in [0.15, 0.2) is 0 Å². The minimum absolute atomic E-state index is 0.124. The highest BCUT2D eigenvalue weighted by Crippen LogP contribution is 2.23. The summed E-state index contributed by atoms with van der Waals surface area (Å²) >= 11 is 0. The van der Waals surface area contributed by atoms with Gasteiger partial charge in [-0.05, 0) is 57.9 Å². The minimum atomic E-state index is -3.72. The highest BCUT2D eigenvalue weighted by Gasteiger charge is 2.24. The summed E-state index contributed by atoms with van der Waals surface area (Å²) in [5.74, 6) is -0.408. The van der Waals surface area contributed by atoms with E-state index in [1.54, 1.807) is 52.0 Å². The van der Waals surface area contributed by atoms with E-state index in [1.807, 2.05) is 19.1 Å². The molecule has 0 aliphatic heterocycles. The number of carbonyl (C=O) groups excluding carboxylic acids is 1. The number of hydrogen-bond acceptors (Lipinski definition) is 4. The topological polar surface area (TPSA) is 101 Å². The van der Waals surface area contributed by atoms with Crippen molar-refractivity contribution in [2.24, 2.45) is 5.73 Å². The summed E-state index contributed by atoms with van der Waals surface area (Å²) in [5, 5.41) is 2.70. The second-order valence-electron chi connectivity index (χ2n) is 7.71. The maximum absolute atomic E-state index is 12.6. The van der Waals surface area contributed by atoms with Gasteiger partial charge in [0, 0.05) is 11.2 Å². The third-order valence-corrected chi connectivity index (χ3v) is 5.80. The molecule has 7 heteroatoms. The molecule has 0 fully saturated rings. The molecule has 2 rings (SSSR count). The van der Waals surface area contributed by atoms with Crippen molar-refractivity contribution < 1.29 is 13.2 Å². The fraction of sp³-hybridized carbons (Fsp3) is 0.350. The molecule has 2 aromatic rings. The zero-order valence-electron chi connectivity index (χ0n) is 16.3. The first-order valence-electron chi connectivity index (χ1n) is 8.67. The molecule has 0 aliphatic carbocycles. The lowest BCUT2D eigenvalue weighted by Gasteiger charge is -2.21. The molecule has 0 aromatic heterocycles. The van der Waals surface area contributed by atoms with E-state index in [-0.39, 0.29) is 4.90 Å². The maximum Gasteiger partial charge on any atom is 0.245 e. The zero-order chi connectivity index (χ0) is 20.4. The molecule has 0 bridgehead atoms. The van der Waals surface area contributed by atoms with E-state index in [9.17, 15) is 13.2 Å². The number of rotatable bonds is 5. The average molecular weight is 390 g/mol. The molecule has 0 radical (unpaired) electrons. The number of aryl methyl sites for hydroxylation is 2. The Kier molecular flexibility index (Phi) is 6.09. The smallest absolute Gasteiger partial charge is 0.245 e. The first-order chi connectivity index (χ1) is 12.4. The Labute approximate surface area is 161 Å². The molecule has 4 N–H and O–H groups in total. The lowest BCUT2D eigenvalue weighted by molar-refractivity contribution is -0.117. The van der Waals surface area contributed by atoms with Crippen molar-refractivity contribution in [3.8, 4) is 0 Å². The Morgan fingerprint density at radius 1 is 1.04 bits per heavy atom. The molecule has 1 unspecified atom stereocenters. The molecule has 1 amide bonds. The van der Waals surface area contributed by atoms with Crippen LogP contribution < -0.4 is 15.8 Å². The van der Waals surface area contributed by atoms with Crippen molar-refractivity contribution in [3.05, 3.63) is 59.2 Å². The predicted molar refractivity (Wildman–Crippen MR) is 108 cm³/mol. The van der Waals surface area contributed by atoms with Crippen molar-refractivity contribution in [1.82, 2.24) is 4.72 Å². The molecule has 0 saturated carbocycles. The Balaban J connectivity index is 2.25. The number of amides is 1. The number of benzene rings is 2.